The standard InChI is InChI=1S/C49H64N9O22P3S4/c1-6-56-37-19-17-34(87(71,72)73)27-36(37)49(4,5)41(56)13-10-14-42-48(2,3)35-26-33(86-78-77-63)16-18-38(35)57(42)23-9-7-8-15-43(59)52-22-25-85-84-24-20-44(60)51-21-11-12-32-29-58(47(62)54-46(32)61)45-28-39(74-31-53-55-50)40(76-45)30-75-82(67,68)80-83(69,70)79-81(64,65)66/h10,13-14,16-19,26-27,29,39-40,45H,6-9,15,20-25,28,30-31H2,1-5H3,(H8-,51,52,54,59,60,61,62,63,64,65,66,67,68,69,70,71,72,73). The molecule has 0 radical (unpaired) electrons. The first-order valence-corrected chi connectivity index (χ1v) is 35.5. The Bertz CT molecular complexity index is 3640. The molecule has 0 aliphatic carbocycles. The quantitative estimate of drug-likeness (QED) is 0.00309. The maximum absolute atomic E-state index is 12.8. The van der Waals surface area contributed by atoms with E-state index in [-0.39, 0.29) is 41.7 Å². The molecule has 3 aliphatic rings. The van der Waals surface area contributed by atoms with Crippen molar-refractivity contribution in [2.24, 2.45) is 5.11 Å². The molecule has 5 atom stereocenters. The van der Waals surface area contributed by atoms with Crippen LogP contribution in [-0.2, 0) is 76.2 Å². The molecule has 3 aliphatic heterocycles. The highest BCUT2D eigenvalue weighted by molar-refractivity contribution is 8.76. The number of hydrogen-bond donors (Lipinski definition) is 8. The van der Waals surface area contributed by atoms with Crippen LogP contribution in [0.1, 0.15) is 96.1 Å². The summed E-state index contributed by atoms with van der Waals surface area (Å²) in [7, 11) is -18.6. The van der Waals surface area contributed by atoms with Crippen LogP contribution in [0.2, 0.25) is 0 Å². The van der Waals surface area contributed by atoms with Crippen LogP contribution in [0.5, 0.6) is 0 Å². The van der Waals surface area contributed by atoms with Gasteiger partial charge in [0.05, 0.1) is 41.6 Å². The number of carbonyl (C=O) groups excluding carboxylic acids is 2. The molecule has 1 aromatic heterocycles. The molecule has 0 saturated carbocycles. The number of nitrogens with zero attached hydrogens (tertiary/aromatic N) is 6. The fourth-order valence-electron chi connectivity index (χ4n) is 9.67. The van der Waals surface area contributed by atoms with Crippen LogP contribution in [0.3, 0.4) is 0 Å². The number of benzene rings is 2. The van der Waals surface area contributed by atoms with Gasteiger partial charge in [0, 0.05) is 101 Å². The van der Waals surface area contributed by atoms with Gasteiger partial charge < -0.3 is 49.8 Å². The third kappa shape index (κ3) is 20.0. The molecule has 4 heterocycles. The van der Waals surface area contributed by atoms with Gasteiger partial charge in [0.2, 0.25) is 17.5 Å². The molecular weight excluding hydrogens is 1290 g/mol. The van der Waals surface area contributed by atoms with Crippen molar-refractivity contribution in [2.75, 3.05) is 55.9 Å². The molecule has 1 saturated heterocycles. The number of aromatic amines is 1. The number of carbonyl (C=O) groups is 2. The van der Waals surface area contributed by atoms with E-state index in [1.165, 1.54) is 33.7 Å². The Balaban J connectivity index is 0.927. The van der Waals surface area contributed by atoms with Crippen molar-refractivity contribution >= 4 is 96.1 Å². The van der Waals surface area contributed by atoms with Crippen molar-refractivity contribution in [3.8, 4) is 11.8 Å². The first-order chi connectivity index (χ1) is 40.9. The number of anilines is 1. The van der Waals surface area contributed by atoms with Gasteiger partial charge in [-0.1, -0.05) is 58.5 Å². The van der Waals surface area contributed by atoms with E-state index in [9.17, 15) is 60.9 Å². The Labute approximate surface area is 510 Å². The molecule has 0 bridgehead atoms. The number of ether oxygens (including phenoxy) is 2. The monoisotopic (exact) mass is 1350 g/mol. The smallest absolute Gasteiger partial charge is 0.490 e. The van der Waals surface area contributed by atoms with Crippen molar-refractivity contribution < 1.29 is 97.7 Å². The third-order valence-corrected chi connectivity index (χ3v) is 21.2. The van der Waals surface area contributed by atoms with Gasteiger partial charge in [-0.25, -0.2) is 18.5 Å². The molecule has 87 heavy (non-hydrogen) atoms. The van der Waals surface area contributed by atoms with Crippen molar-refractivity contribution in [1.29, 1.82) is 0 Å². The van der Waals surface area contributed by atoms with Crippen LogP contribution in [-0.4, -0.2) is 127 Å². The molecule has 5 unspecified atom stereocenters. The van der Waals surface area contributed by atoms with Gasteiger partial charge in [-0.05, 0) is 81.1 Å². The van der Waals surface area contributed by atoms with Crippen LogP contribution in [0.15, 0.2) is 91.0 Å². The van der Waals surface area contributed by atoms with E-state index in [4.69, 9.17) is 24.8 Å². The summed E-state index contributed by atoms with van der Waals surface area (Å²) in [6, 6.07) is 10.4. The maximum atomic E-state index is 12.8. The molecule has 2 amide bonds. The van der Waals surface area contributed by atoms with E-state index in [0.29, 0.717) is 48.9 Å². The Hall–Kier alpha value is -4.95. The lowest BCUT2D eigenvalue weighted by atomic mass is 9.81. The zero-order valence-corrected chi connectivity index (χ0v) is 53.2. The minimum absolute atomic E-state index is 0.0874. The van der Waals surface area contributed by atoms with Gasteiger partial charge in [-0.2, -0.15) is 25.9 Å². The van der Waals surface area contributed by atoms with E-state index in [0.717, 1.165) is 69.6 Å². The van der Waals surface area contributed by atoms with Gasteiger partial charge in [0.15, 0.2) is 5.71 Å². The zero-order chi connectivity index (χ0) is 64.0. The lowest BCUT2D eigenvalue weighted by molar-refractivity contribution is -0.777. The lowest BCUT2D eigenvalue weighted by Gasteiger charge is -2.25. The molecule has 8 N–H and O–H groups in total. The number of hydrogen-bond acceptors (Lipinski definition) is 22. The van der Waals surface area contributed by atoms with Gasteiger partial charge >= 0.3 is 29.2 Å². The second kappa shape index (κ2) is 31.2. The van der Waals surface area contributed by atoms with E-state index in [1.807, 2.05) is 51.1 Å². The van der Waals surface area contributed by atoms with Gasteiger partial charge in [0.25, 0.3) is 15.7 Å². The fourth-order valence-corrected chi connectivity index (χ4v) is 15.5. The predicted molar refractivity (Wildman–Crippen MR) is 316 cm³/mol. The maximum Gasteiger partial charge on any atom is 0.490 e. The highest BCUT2D eigenvalue weighted by atomic mass is 33.1. The van der Waals surface area contributed by atoms with Crippen molar-refractivity contribution in [3.05, 3.63) is 114 Å². The molecule has 1 fully saturated rings. The first-order valence-electron chi connectivity index (χ1n) is 26.3. The number of allylic oxidation sites excluding steroid dienone is 4. The van der Waals surface area contributed by atoms with Crippen LogP contribution in [0.25, 0.3) is 10.4 Å². The Morgan fingerprint density at radius 2 is 1.72 bits per heavy atom. The summed E-state index contributed by atoms with van der Waals surface area (Å²) >= 11 is 0.811. The van der Waals surface area contributed by atoms with Crippen LogP contribution in [0, 0.1) is 11.8 Å². The number of nitrogens with one attached hydrogen (secondary N) is 3. The highest BCUT2D eigenvalue weighted by Crippen LogP contribution is 2.66. The number of likely N-dealkylation sites (N-methyl/N-ethyl adjacent to an activating group) is 1. The van der Waals surface area contributed by atoms with Crippen LogP contribution < -0.4 is 32.0 Å². The molecule has 0 spiro atoms. The molecular formula is C49H64N9O22P3S4. The summed E-state index contributed by atoms with van der Waals surface area (Å²) in [4.78, 5) is 94.9. The van der Waals surface area contributed by atoms with Crippen LogP contribution in [0.4, 0.5) is 11.4 Å². The Morgan fingerprint density at radius 3 is 2.43 bits per heavy atom. The number of azide groups is 1. The average Bonchev–Trinajstić information content (AvgIpc) is 2.62. The second-order valence-electron chi connectivity index (χ2n) is 20.2. The SMILES string of the molecule is CCN1/C(=C/C=C/C2=[N+](CCCCCC(=O)NCCSSCCC(=O)NCC#Cc3cn(C4CC(OCN=[N+]=[N-])C(COP(=O)(O)OP(=O)(O)OP(=O)(O)O)O4)c(=O)[nH]c3=O)c3ccc(SOO[O-])cc3C2(C)C)C(C)(C)c2cc(S(=O)(=O)O)ccc21. The summed E-state index contributed by atoms with van der Waals surface area (Å²) in [5.41, 5.74) is 11.1. The number of fused-ring (bicyclic) bond motifs is 2. The van der Waals surface area contributed by atoms with E-state index in [1.54, 1.807) is 6.07 Å². The number of aromatic nitrogens is 2. The minimum atomic E-state index is -5.84. The number of unbranched alkanes of at least 4 members (excludes halogenated alkanes) is 2. The summed E-state index contributed by atoms with van der Waals surface area (Å²) in [5, 5.41) is 23.0. The Morgan fingerprint density at radius 1 is 0.989 bits per heavy atom. The zero-order valence-electron chi connectivity index (χ0n) is 47.2. The summed E-state index contributed by atoms with van der Waals surface area (Å²) in [6.45, 7) is 10.2. The van der Waals surface area contributed by atoms with Crippen molar-refractivity contribution in [2.45, 2.75) is 112 Å². The van der Waals surface area contributed by atoms with Gasteiger partial charge in [0.1, 0.15) is 31.2 Å². The second-order valence-corrected chi connectivity index (χ2v) is 29.5. The minimum Gasteiger partial charge on any atom is -0.691 e. The number of H-pyrrole nitrogens is 1. The first kappa shape index (κ1) is 71.1. The Kier molecular flexibility index (Phi) is 25.5. The summed E-state index contributed by atoms with van der Waals surface area (Å²) < 4.78 is 99.8. The molecule has 2 aromatic carbocycles. The van der Waals surface area contributed by atoms with Crippen molar-refractivity contribution in [1.82, 2.24) is 20.2 Å². The average molecular weight is 1350 g/mol. The molecule has 476 valence electrons. The summed E-state index contributed by atoms with van der Waals surface area (Å²) in [5.74, 6) is 5.76. The van der Waals surface area contributed by atoms with Crippen molar-refractivity contribution in [3.63, 3.8) is 0 Å². The molecule has 38 heteroatoms. The largest absolute Gasteiger partial charge is 0.691 e. The summed E-state index contributed by atoms with van der Waals surface area (Å²) in [6.07, 6.45) is 5.69. The lowest BCUT2D eigenvalue weighted by Crippen LogP contribution is -2.34. The van der Waals surface area contributed by atoms with Crippen LogP contribution >= 0.6 is 57.1 Å². The normalized spacial score (nSPS) is 19.7. The number of phosphoric ester groups is 1. The molecule has 6 rings (SSSR count). The van der Waals surface area contributed by atoms with E-state index in [2.05, 4.69) is 89.4 Å². The fraction of sp³-hybridized carbons (Fsp3) is 0.490. The number of rotatable bonds is 32. The predicted octanol–water partition coefficient (Wildman–Crippen LogP) is 5.55. The van der Waals surface area contributed by atoms with E-state index >= 15 is 0 Å². The van der Waals surface area contributed by atoms with Gasteiger partial charge in [-0.3, -0.25) is 38.0 Å². The van der Waals surface area contributed by atoms with E-state index < -0.39 is 87.4 Å². The topological polar surface area (TPSA) is 442 Å². The van der Waals surface area contributed by atoms with Gasteiger partial charge in [-0.15, -0.1) is 0 Å². The highest BCUT2D eigenvalue weighted by Gasteiger charge is 2.46. The molecule has 3 aromatic rings. The third-order valence-electron chi connectivity index (χ3n) is 13.6. The number of amides is 2. The molecule has 31 nitrogen and oxygen atoms in total. The number of phosphoric acid groups is 3.